The Labute approximate surface area is 176 Å². The molecular weight excluding hydrogens is 381 g/mol. The van der Waals surface area contributed by atoms with Gasteiger partial charge in [0.05, 0.1) is 5.92 Å². The van der Waals surface area contributed by atoms with Gasteiger partial charge in [-0.3, -0.25) is 9.69 Å². The Morgan fingerprint density at radius 1 is 1.22 bits per heavy atom. The van der Waals surface area contributed by atoms with Gasteiger partial charge in [-0.2, -0.15) is 0 Å². The summed E-state index contributed by atoms with van der Waals surface area (Å²) in [6, 6.07) is 10.6. The molecule has 2 N–H and O–H groups in total. The van der Waals surface area contributed by atoms with Crippen LogP contribution in [0.25, 0.3) is 0 Å². The lowest BCUT2D eigenvalue weighted by Gasteiger charge is -2.39. The van der Waals surface area contributed by atoms with Gasteiger partial charge in [0.25, 0.3) is 0 Å². The third kappa shape index (κ3) is 6.35. The molecule has 3 unspecified atom stereocenters. The molecule has 0 radical (unpaired) electrons. The van der Waals surface area contributed by atoms with E-state index in [1.807, 2.05) is 11.9 Å². The zero-order valence-corrected chi connectivity index (χ0v) is 18.2. The second kappa shape index (κ2) is 10.7. The average molecular weight is 416 g/mol. The van der Waals surface area contributed by atoms with Crippen LogP contribution in [0.5, 0.6) is 0 Å². The summed E-state index contributed by atoms with van der Waals surface area (Å²) < 4.78 is 0. The van der Waals surface area contributed by atoms with Gasteiger partial charge in [-0.1, -0.05) is 43.2 Å². The predicted molar refractivity (Wildman–Crippen MR) is 117 cm³/mol. The van der Waals surface area contributed by atoms with Gasteiger partial charge >= 0.3 is 0 Å². The molecule has 27 heavy (non-hydrogen) atoms. The van der Waals surface area contributed by atoms with Crippen LogP contribution < -0.4 is 5.73 Å². The van der Waals surface area contributed by atoms with E-state index in [0.29, 0.717) is 5.92 Å². The number of hydrogen-bond acceptors (Lipinski definition) is 3. The number of hydrogen-bond donors (Lipinski definition) is 1. The van der Waals surface area contributed by atoms with Crippen LogP contribution in [-0.4, -0.2) is 47.9 Å². The van der Waals surface area contributed by atoms with E-state index < -0.39 is 0 Å². The van der Waals surface area contributed by atoms with Gasteiger partial charge in [-0.05, 0) is 44.2 Å². The first-order chi connectivity index (χ1) is 12.0. The van der Waals surface area contributed by atoms with Crippen LogP contribution in [0.4, 0.5) is 0 Å². The van der Waals surface area contributed by atoms with Crippen molar-refractivity contribution in [3.8, 4) is 0 Å². The summed E-state index contributed by atoms with van der Waals surface area (Å²) in [7, 11) is 1.97. The van der Waals surface area contributed by atoms with E-state index in [4.69, 9.17) is 5.73 Å². The van der Waals surface area contributed by atoms with Crippen molar-refractivity contribution in [1.29, 1.82) is 0 Å². The molecule has 3 atom stereocenters. The van der Waals surface area contributed by atoms with E-state index in [1.54, 1.807) is 0 Å². The molecule has 154 valence electrons. The van der Waals surface area contributed by atoms with E-state index in [9.17, 15) is 4.79 Å². The Morgan fingerprint density at radius 3 is 2.59 bits per heavy atom. The van der Waals surface area contributed by atoms with Crippen LogP contribution in [0.3, 0.4) is 0 Å². The molecule has 2 aliphatic rings. The maximum absolute atomic E-state index is 12.9. The molecule has 1 saturated heterocycles. The molecule has 1 aliphatic heterocycles. The predicted octanol–water partition coefficient (Wildman–Crippen LogP) is 3.72. The lowest BCUT2D eigenvalue weighted by Crippen LogP contribution is -2.53. The summed E-state index contributed by atoms with van der Waals surface area (Å²) in [5.74, 6) is 0.824. The largest absolute Gasteiger partial charge is 0.345 e. The van der Waals surface area contributed by atoms with Gasteiger partial charge in [0.1, 0.15) is 0 Å². The van der Waals surface area contributed by atoms with Crippen molar-refractivity contribution in [1.82, 2.24) is 9.80 Å². The monoisotopic (exact) mass is 415 g/mol. The third-order valence-corrected chi connectivity index (χ3v) is 6.08. The zero-order valence-electron chi connectivity index (χ0n) is 16.6. The first-order valence-electron chi connectivity index (χ1n) is 9.76. The topological polar surface area (TPSA) is 49.6 Å². The van der Waals surface area contributed by atoms with Crippen molar-refractivity contribution < 1.29 is 4.79 Å². The molecule has 1 aromatic rings. The van der Waals surface area contributed by atoms with E-state index in [-0.39, 0.29) is 42.2 Å². The van der Waals surface area contributed by atoms with Gasteiger partial charge < -0.3 is 10.6 Å². The molecule has 1 amide bonds. The molecule has 1 aromatic carbocycles. The van der Waals surface area contributed by atoms with Gasteiger partial charge in [-0.25, -0.2) is 0 Å². The Kier molecular flexibility index (Phi) is 9.56. The lowest BCUT2D eigenvalue weighted by atomic mass is 9.74. The van der Waals surface area contributed by atoms with Crippen LogP contribution >= 0.6 is 24.8 Å². The number of carbonyl (C=O) groups is 1. The molecule has 6 heteroatoms. The van der Waals surface area contributed by atoms with E-state index in [0.717, 1.165) is 51.9 Å². The molecule has 3 rings (SSSR count). The van der Waals surface area contributed by atoms with Gasteiger partial charge in [-0.15, -0.1) is 24.8 Å². The van der Waals surface area contributed by atoms with Crippen molar-refractivity contribution >= 4 is 30.7 Å². The fraction of sp³-hybridized carbons (Fsp3) is 0.667. The fourth-order valence-electron chi connectivity index (χ4n) is 4.55. The Morgan fingerprint density at radius 2 is 1.93 bits per heavy atom. The lowest BCUT2D eigenvalue weighted by molar-refractivity contribution is -0.138. The van der Waals surface area contributed by atoms with Crippen molar-refractivity contribution in [2.45, 2.75) is 51.1 Å². The molecule has 1 saturated carbocycles. The summed E-state index contributed by atoms with van der Waals surface area (Å²) in [6.07, 6.45) is 5.37. The van der Waals surface area contributed by atoms with Crippen LogP contribution in [0.1, 0.15) is 44.6 Å². The minimum atomic E-state index is -0.335. The van der Waals surface area contributed by atoms with E-state index in [2.05, 4.69) is 42.2 Å². The molecule has 0 aromatic heterocycles. The standard InChI is InChI=1S/C21H33N3O.2ClH/c1-21(22)12-7-6-10-19(21)20(25)23(2)14-18-11-13-24(16-18)15-17-8-4-3-5-9-17;;/h3-5,8-9,18-19H,6-7,10-16,22H2,1-2H3;2*1H. The maximum atomic E-state index is 12.9. The first kappa shape index (κ1) is 24.2. The second-order valence-electron chi connectivity index (χ2n) is 8.40. The second-order valence-corrected chi connectivity index (χ2v) is 8.40. The molecule has 2 fully saturated rings. The molecule has 0 bridgehead atoms. The molecular formula is C21H35Cl2N3O. The highest BCUT2D eigenvalue weighted by Crippen LogP contribution is 2.33. The number of carbonyl (C=O) groups excluding carboxylic acids is 1. The highest BCUT2D eigenvalue weighted by atomic mass is 35.5. The van der Waals surface area contributed by atoms with Crippen molar-refractivity contribution in [2.75, 3.05) is 26.7 Å². The highest BCUT2D eigenvalue weighted by Gasteiger charge is 2.39. The summed E-state index contributed by atoms with van der Waals surface area (Å²) in [5, 5.41) is 0. The van der Waals surface area contributed by atoms with Crippen LogP contribution in [-0.2, 0) is 11.3 Å². The van der Waals surface area contributed by atoms with Crippen LogP contribution in [0.15, 0.2) is 30.3 Å². The number of benzene rings is 1. The third-order valence-electron chi connectivity index (χ3n) is 6.08. The Balaban J connectivity index is 0.00000182. The highest BCUT2D eigenvalue weighted by molar-refractivity contribution is 5.85. The summed E-state index contributed by atoms with van der Waals surface area (Å²) in [4.78, 5) is 17.4. The summed E-state index contributed by atoms with van der Waals surface area (Å²) >= 11 is 0. The zero-order chi connectivity index (χ0) is 17.9. The van der Waals surface area contributed by atoms with Crippen LogP contribution in [0, 0.1) is 11.8 Å². The Hall–Kier alpha value is -0.810. The number of rotatable bonds is 5. The smallest absolute Gasteiger partial charge is 0.227 e. The Bertz CT molecular complexity index is 582. The minimum Gasteiger partial charge on any atom is -0.345 e. The number of halogens is 2. The number of amides is 1. The van der Waals surface area contributed by atoms with Crippen molar-refractivity contribution in [2.24, 2.45) is 17.6 Å². The SMILES string of the molecule is CN(CC1CCN(Cc2ccccc2)C1)C(=O)C1CCCCC1(C)N.Cl.Cl. The first-order valence-corrected chi connectivity index (χ1v) is 9.76. The molecule has 1 heterocycles. The average Bonchev–Trinajstić information content (AvgIpc) is 3.01. The van der Waals surface area contributed by atoms with Crippen molar-refractivity contribution in [3.05, 3.63) is 35.9 Å². The van der Waals surface area contributed by atoms with Gasteiger partial charge in [0.2, 0.25) is 5.91 Å². The maximum Gasteiger partial charge on any atom is 0.227 e. The number of nitrogens with zero attached hydrogens (tertiary/aromatic N) is 2. The number of likely N-dealkylation sites (tertiary alicyclic amines) is 1. The minimum absolute atomic E-state index is 0. The van der Waals surface area contributed by atoms with Crippen molar-refractivity contribution in [3.63, 3.8) is 0 Å². The van der Waals surface area contributed by atoms with E-state index >= 15 is 0 Å². The fourth-order valence-corrected chi connectivity index (χ4v) is 4.55. The van der Waals surface area contributed by atoms with E-state index in [1.165, 1.54) is 12.0 Å². The molecule has 4 nitrogen and oxygen atoms in total. The van der Waals surface area contributed by atoms with Gasteiger partial charge in [0, 0.05) is 32.2 Å². The number of nitrogens with two attached hydrogens (primary N) is 1. The summed E-state index contributed by atoms with van der Waals surface area (Å²) in [6.45, 7) is 6.13. The summed E-state index contributed by atoms with van der Waals surface area (Å²) in [5.41, 5.74) is 7.46. The quantitative estimate of drug-likeness (QED) is 0.796. The normalized spacial score (nSPS) is 28.1. The molecule has 1 aliphatic carbocycles. The van der Waals surface area contributed by atoms with Crippen LogP contribution in [0.2, 0.25) is 0 Å². The molecule has 0 spiro atoms. The van der Waals surface area contributed by atoms with Gasteiger partial charge in [0.15, 0.2) is 0 Å².